The van der Waals surface area contributed by atoms with Crippen LogP contribution in [-0.4, -0.2) is 11.1 Å². The van der Waals surface area contributed by atoms with Gasteiger partial charge >= 0.3 is 5.97 Å². The molecule has 1 aromatic rings. The van der Waals surface area contributed by atoms with E-state index in [4.69, 9.17) is 5.11 Å². The molecule has 0 unspecified atom stereocenters. The second-order valence-electron chi connectivity index (χ2n) is 2.43. The monoisotopic (exact) mass is 194 g/mol. The molecule has 1 heterocycles. The van der Waals surface area contributed by atoms with Crippen LogP contribution < -0.4 is 9.75 Å². The van der Waals surface area contributed by atoms with Gasteiger partial charge in [0.1, 0.15) is 4.88 Å². The third-order valence-electron chi connectivity index (χ3n) is 1.56. The lowest BCUT2D eigenvalue weighted by atomic mass is 10.3. The van der Waals surface area contributed by atoms with Crippen LogP contribution in [0.3, 0.4) is 0 Å². The van der Waals surface area contributed by atoms with Crippen molar-refractivity contribution >= 4 is 29.5 Å². The summed E-state index contributed by atoms with van der Waals surface area (Å²) in [6, 6.07) is 1.66. The van der Waals surface area contributed by atoms with Crippen molar-refractivity contribution in [2.24, 2.45) is 0 Å². The molecule has 0 saturated carbocycles. The van der Waals surface area contributed by atoms with Crippen molar-refractivity contribution in [1.82, 2.24) is 0 Å². The summed E-state index contributed by atoms with van der Waals surface area (Å²) in [5, 5.41) is 9.66. The maximum Gasteiger partial charge on any atom is 0.345 e. The zero-order valence-electron chi connectivity index (χ0n) is 7.28. The van der Waals surface area contributed by atoms with Crippen LogP contribution in [0.15, 0.2) is 18.7 Å². The predicted octanol–water partition coefficient (Wildman–Crippen LogP) is 1.21. The summed E-state index contributed by atoms with van der Waals surface area (Å²) >= 11 is 1.27. The molecular formula is C10H10O2S. The number of hydrogen-bond acceptors (Lipinski definition) is 2. The highest BCUT2D eigenvalue weighted by Crippen LogP contribution is 1.98. The molecule has 0 aliphatic carbocycles. The maximum atomic E-state index is 10.6. The van der Waals surface area contributed by atoms with Gasteiger partial charge in [-0.05, 0) is 18.2 Å². The highest BCUT2D eigenvalue weighted by atomic mass is 32.1. The molecule has 0 aliphatic rings. The first-order valence-electron chi connectivity index (χ1n) is 3.81. The standard InChI is InChI=1S/C10H10O2S/c1-3-5-7-6-9(10(11)12)13-8(7)4-2/h3-6H,1H2,2H3,(H,11,12)/b7-5-,8-4+. The van der Waals surface area contributed by atoms with Crippen molar-refractivity contribution in [3.05, 3.63) is 33.3 Å². The fourth-order valence-electron chi connectivity index (χ4n) is 1.01. The van der Waals surface area contributed by atoms with Crippen LogP contribution in [0.2, 0.25) is 0 Å². The zero-order chi connectivity index (χ0) is 9.84. The minimum absolute atomic E-state index is 0.362. The van der Waals surface area contributed by atoms with Gasteiger partial charge in [-0.2, -0.15) is 0 Å². The number of carboxylic acids is 1. The SMILES string of the molecule is C=C/C=c1/cc(C(=O)O)s/c1=C/C. The molecule has 1 rings (SSSR count). The van der Waals surface area contributed by atoms with Crippen molar-refractivity contribution in [2.75, 3.05) is 0 Å². The molecule has 68 valence electrons. The fourth-order valence-corrected chi connectivity index (χ4v) is 1.88. The second kappa shape index (κ2) is 4.05. The van der Waals surface area contributed by atoms with E-state index in [2.05, 4.69) is 6.58 Å². The molecule has 0 bridgehead atoms. The van der Waals surface area contributed by atoms with Gasteiger partial charge in [-0.3, -0.25) is 0 Å². The first kappa shape index (κ1) is 9.74. The number of thiophene rings is 1. The number of hydrogen-bond donors (Lipinski definition) is 1. The largest absolute Gasteiger partial charge is 0.477 e. The highest BCUT2D eigenvalue weighted by Gasteiger charge is 2.04. The van der Waals surface area contributed by atoms with Crippen LogP contribution in [-0.2, 0) is 0 Å². The third kappa shape index (κ3) is 2.06. The Morgan fingerprint density at radius 3 is 2.85 bits per heavy atom. The van der Waals surface area contributed by atoms with Crippen molar-refractivity contribution in [3.8, 4) is 0 Å². The Kier molecular flexibility index (Phi) is 3.03. The van der Waals surface area contributed by atoms with Gasteiger partial charge < -0.3 is 5.11 Å². The van der Waals surface area contributed by atoms with Crippen molar-refractivity contribution in [3.63, 3.8) is 0 Å². The Bertz CT molecular complexity index is 440. The summed E-state index contributed by atoms with van der Waals surface area (Å²) in [6.07, 6.45) is 5.35. The van der Waals surface area contributed by atoms with Crippen LogP contribution in [0.4, 0.5) is 0 Å². The van der Waals surface area contributed by atoms with Crippen LogP contribution in [0.5, 0.6) is 0 Å². The lowest BCUT2D eigenvalue weighted by Crippen LogP contribution is -2.16. The molecule has 0 atom stereocenters. The summed E-state index contributed by atoms with van der Waals surface area (Å²) in [5.74, 6) is -0.878. The topological polar surface area (TPSA) is 37.3 Å². The normalized spacial score (nSPS) is 13.3. The van der Waals surface area contributed by atoms with Crippen molar-refractivity contribution in [1.29, 1.82) is 0 Å². The Morgan fingerprint density at radius 2 is 2.38 bits per heavy atom. The van der Waals surface area contributed by atoms with E-state index in [0.29, 0.717) is 4.88 Å². The molecule has 1 aromatic heterocycles. The quantitative estimate of drug-likeness (QED) is 0.768. The van der Waals surface area contributed by atoms with Crippen LogP contribution in [0.1, 0.15) is 16.6 Å². The van der Waals surface area contributed by atoms with Gasteiger partial charge in [-0.25, -0.2) is 4.79 Å². The molecule has 2 nitrogen and oxygen atoms in total. The summed E-state index contributed by atoms with van der Waals surface area (Å²) in [5.41, 5.74) is 0. The molecule has 0 amide bonds. The highest BCUT2D eigenvalue weighted by molar-refractivity contribution is 7.11. The van der Waals surface area contributed by atoms with Gasteiger partial charge in [0.25, 0.3) is 0 Å². The van der Waals surface area contributed by atoms with E-state index < -0.39 is 5.97 Å². The predicted molar refractivity (Wildman–Crippen MR) is 55.3 cm³/mol. The van der Waals surface area contributed by atoms with Gasteiger partial charge in [-0.15, -0.1) is 11.3 Å². The van der Waals surface area contributed by atoms with Gasteiger partial charge in [-0.1, -0.05) is 24.8 Å². The fraction of sp³-hybridized carbons (Fsp3) is 0.100. The van der Waals surface area contributed by atoms with E-state index in [1.807, 2.05) is 13.0 Å². The van der Waals surface area contributed by atoms with E-state index in [9.17, 15) is 4.79 Å². The molecule has 0 aliphatic heterocycles. The number of carboxylic acid groups (broad SMARTS) is 1. The van der Waals surface area contributed by atoms with E-state index in [1.54, 1.807) is 18.2 Å². The third-order valence-corrected chi connectivity index (χ3v) is 2.77. The Hall–Kier alpha value is -1.35. The molecule has 0 spiro atoms. The number of allylic oxidation sites excluding steroid dienone is 1. The molecule has 3 heteroatoms. The average molecular weight is 194 g/mol. The molecule has 13 heavy (non-hydrogen) atoms. The first-order valence-corrected chi connectivity index (χ1v) is 4.63. The maximum absolute atomic E-state index is 10.6. The summed E-state index contributed by atoms with van der Waals surface area (Å²) in [4.78, 5) is 11.0. The summed E-state index contributed by atoms with van der Waals surface area (Å²) < 4.78 is 0.970. The molecule has 0 fully saturated rings. The van der Waals surface area contributed by atoms with E-state index in [-0.39, 0.29) is 0 Å². The Labute approximate surface area is 80.1 Å². The molecule has 0 saturated heterocycles. The van der Waals surface area contributed by atoms with Crippen molar-refractivity contribution < 1.29 is 9.90 Å². The Morgan fingerprint density at radius 1 is 1.69 bits per heavy atom. The van der Waals surface area contributed by atoms with E-state index in [0.717, 1.165) is 9.75 Å². The summed E-state index contributed by atoms with van der Waals surface area (Å²) in [7, 11) is 0. The van der Waals surface area contributed by atoms with E-state index in [1.165, 1.54) is 11.3 Å². The first-order chi connectivity index (χ1) is 6.19. The smallest absolute Gasteiger partial charge is 0.345 e. The van der Waals surface area contributed by atoms with Gasteiger partial charge in [0.05, 0.1) is 0 Å². The Balaban J connectivity index is 3.46. The minimum Gasteiger partial charge on any atom is -0.477 e. The van der Waals surface area contributed by atoms with Crippen molar-refractivity contribution in [2.45, 2.75) is 6.92 Å². The van der Waals surface area contributed by atoms with Crippen LogP contribution in [0.25, 0.3) is 12.2 Å². The lowest BCUT2D eigenvalue weighted by molar-refractivity contribution is 0.0702. The molecular weight excluding hydrogens is 184 g/mol. The number of aromatic carboxylic acids is 1. The summed E-state index contributed by atoms with van der Waals surface area (Å²) in [6.45, 7) is 5.46. The lowest BCUT2D eigenvalue weighted by Gasteiger charge is -1.79. The average Bonchev–Trinajstić information content (AvgIpc) is 2.48. The van der Waals surface area contributed by atoms with Crippen LogP contribution >= 0.6 is 11.3 Å². The minimum atomic E-state index is -0.878. The number of rotatable bonds is 2. The zero-order valence-corrected chi connectivity index (χ0v) is 8.10. The molecule has 1 N–H and O–H groups in total. The molecule has 0 radical (unpaired) electrons. The van der Waals surface area contributed by atoms with Crippen LogP contribution in [0, 0.1) is 0 Å². The van der Waals surface area contributed by atoms with Gasteiger partial charge in [0.15, 0.2) is 0 Å². The number of carbonyl (C=O) groups is 1. The molecule has 0 aromatic carbocycles. The van der Waals surface area contributed by atoms with Gasteiger partial charge in [0, 0.05) is 4.53 Å². The second-order valence-corrected chi connectivity index (χ2v) is 3.51. The van der Waals surface area contributed by atoms with E-state index >= 15 is 0 Å². The van der Waals surface area contributed by atoms with Gasteiger partial charge in [0.2, 0.25) is 0 Å².